The highest BCUT2D eigenvalue weighted by molar-refractivity contribution is 14.0. The topological polar surface area (TPSA) is 83.8 Å². The number of aromatic nitrogens is 2. The number of piperidine rings is 1. The number of nitrogens with zero attached hydrogens (tertiary/aromatic N) is 4. The molecule has 0 unspecified atom stereocenters. The fourth-order valence-electron chi connectivity index (χ4n) is 3.83. The van der Waals surface area contributed by atoms with E-state index in [9.17, 15) is 4.79 Å². The number of benzene rings is 1. The van der Waals surface area contributed by atoms with Crippen LogP contribution in [0.2, 0.25) is 0 Å². The molecule has 1 aromatic carbocycles. The lowest BCUT2D eigenvalue weighted by Gasteiger charge is -2.32. The molecule has 1 amide bonds. The van der Waals surface area contributed by atoms with Crippen LogP contribution in [0.3, 0.4) is 0 Å². The van der Waals surface area contributed by atoms with Gasteiger partial charge in [0.25, 0.3) is 0 Å². The van der Waals surface area contributed by atoms with Gasteiger partial charge in [0, 0.05) is 38.8 Å². The van der Waals surface area contributed by atoms with E-state index in [-0.39, 0.29) is 30.1 Å². The second-order valence-corrected chi connectivity index (χ2v) is 7.52. The Morgan fingerprint density at radius 3 is 2.71 bits per heavy atom. The molecular weight excluding hydrogens is 507 g/mol. The quantitative estimate of drug-likeness (QED) is 0.242. The van der Waals surface area contributed by atoms with Gasteiger partial charge >= 0.3 is 6.09 Å². The Bertz CT molecular complexity index is 861. The SMILES string of the molecule is CCNC(=NCCCn1c(C)nc2ccccc21)NC1CCN(C(=O)OCC)CC1.I. The Kier molecular flexibility index (Phi) is 10.4. The van der Waals surface area contributed by atoms with Crippen LogP contribution in [-0.2, 0) is 11.3 Å². The Labute approximate surface area is 201 Å². The van der Waals surface area contributed by atoms with E-state index in [1.165, 1.54) is 5.52 Å². The highest BCUT2D eigenvalue weighted by Gasteiger charge is 2.24. The molecule has 0 spiro atoms. The van der Waals surface area contributed by atoms with Crippen LogP contribution in [0.25, 0.3) is 11.0 Å². The third kappa shape index (κ3) is 6.98. The van der Waals surface area contributed by atoms with Crippen LogP contribution in [0.1, 0.15) is 38.9 Å². The number of carbonyl (C=O) groups excluding carboxylic acids is 1. The lowest BCUT2D eigenvalue weighted by Crippen LogP contribution is -2.49. The van der Waals surface area contributed by atoms with Crippen molar-refractivity contribution in [3.8, 4) is 0 Å². The van der Waals surface area contributed by atoms with E-state index in [1.807, 2.05) is 13.0 Å². The number of fused-ring (bicyclic) bond motifs is 1. The highest BCUT2D eigenvalue weighted by Crippen LogP contribution is 2.16. The van der Waals surface area contributed by atoms with Crippen molar-refractivity contribution in [1.82, 2.24) is 25.1 Å². The number of amides is 1. The van der Waals surface area contributed by atoms with Gasteiger partial charge in [0.15, 0.2) is 5.96 Å². The smallest absolute Gasteiger partial charge is 0.409 e. The van der Waals surface area contributed by atoms with Crippen LogP contribution >= 0.6 is 24.0 Å². The maximum absolute atomic E-state index is 11.8. The summed E-state index contributed by atoms with van der Waals surface area (Å²) in [6.45, 7) is 10.3. The zero-order valence-electron chi connectivity index (χ0n) is 18.8. The molecule has 172 valence electrons. The van der Waals surface area contributed by atoms with Gasteiger partial charge in [-0.3, -0.25) is 4.99 Å². The molecule has 0 saturated carbocycles. The third-order valence-electron chi connectivity index (χ3n) is 5.36. The number of hydrogen-bond donors (Lipinski definition) is 2. The molecule has 1 saturated heterocycles. The van der Waals surface area contributed by atoms with Crippen LogP contribution in [-0.4, -0.2) is 65.3 Å². The summed E-state index contributed by atoms with van der Waals surface area (Å²) in [5.41, 5.74) is 2.22. The van der Waals surface area contributed by atoms with Gasteiger partial charge in [-0.1, -0.05) is 12.1 Å². The predicted molar refractivity (Wildman–Crippen MR) is 135 cm³/mol. The van der Waals surface area contributed by atoms with E-state index < -0.39 is 0 Å². The number of hydrogen-bond acceptors (Lipinski definition) is 4. The molecule has 1 aromatic heterocycles. The van der Waals surface area contributed by atoms with E-state index >= 15 is 0 Å². The average Bonchev–Trinajstić information content (AvgIpc) is 3.07. The Hall–Kier alpha value is -2.04. The summed E-state index contributed by atoms with van der Waals surface area (Å²) < 4.78 is 7.35. The minimum atomic E-state index is -0.209. The third-order valence-corrected chi connectivity index (χ3v) is 5.36. The largest absolute Gasteiger partial charge is 0.450 e. The average molecular weight is 542 g/mol. The molecule has 0 radical (unpaired) electrons. The maximum Gasteiger partial charge on any atom is 0.409 e. The first-order chi connectivity index (χ1) is 14.6. The number of imidazole rings is 1. The maximum atomic E-state index is 11.8. The van der Waals surface area contributed by atoms with Crippen molar-refractivity contribution in [2.45, 2.75) is 52.6 Å². The van der Waals surface area contributed by atoms with Gasteiger partial charge < -0.3 is 24.8 Å². The van der Waals surface area contributed by atoms with Gasteiger partial charge in [-0.2, -0.15) is 0 Å². The predicted octanol–water partition coefficient (Wildman–Crippen LogP) is 3.53. The first-order valence-corrected chi connectivity index (χ1v) is 11.0. The van der Waals surface area contributed by atoms with Crippen molar-refractivity contribution in [3.05, 3.63) is 30.1 Å². The number of halogens is 1. The number of ether oxygens (including phenoxy) is 1. The molecule has 8 nitrogen and oxygen atoms in total. The second-order valence-electron chi connectivity index (χ2n) is 7.52. The van der Waals surface area contributed by atoms with E-state index in [0.29, 0.717) is 25.7 Å². The molecule has 3 rings (SSSR count). The molecule has 1 aliphatic rings. The number of likely N-dealkylation sites (tertiary alicyclic amines) is 1. The number of aliphatic imine (C=N–C) groups is 1. The van der Waals surface area contributed by atoms with Gasteiger partial charge in [0.2, 0.25) is 0 Å². The molecule has 0 aliphatic carbocycles. The minimum Gasteiger partial charge on any atom is -0.450 e. The van der Waals surface area contributed by atoms with Crippen LogP contribution in [0.4, 0.5) is 4.79 Å². The number of nitrogens with one attached hydrogen (secondary N) is 2. The van der Waals surface area contributed by atoms with Crippen molar-refractivity contribution in [3.63, 3.8) is 0 Å². The standard InChI is InChI=1S/C22H34N6O2.HI/c1-4-23-21(26-18-11-15-27(16-12-18)22(29)30-5-2)24-13-8-14-28-17(3)25-19-9-6-7-10-20(19)28;/h6-7,9-10,18H,4-5,8,11-16H2,1-3H3,(H2,23,24,26);1H. The summed E-state index contributed by atoms with van der Waals surface area (Å²) in [7, 11) is 0. The second kappa shape index (κ2) is 12.7. The highest BCUT2D eigenvalue weighted by atomic mass is 127. The molecular formula is C22H35IN6O2. The van der Waals surface area contributed by atoms with Gasteiger partial charge in [-0.15, -0.1) is 24.0 Å². The monoisotopic (exact) mass is 542 g/mol. The summed E-state index contributed by atoms with van der Waals surface area (Å²) in [5.74, 6) is 1.89. The van der Waals surface area contributed by atoms with Crippen molar-refractivity contribution in [2.24, 2.45) is 4.99 Å². The Balaban J connectivity index is 0.00000341. The summed E-state index contributed by atoms with van der Waals surface area (Å²) in [6, 6.07) is 8.56. The lowest BCUT2D eigenvalue weighted by molar-refractivity contribution is 0.0963. The molecule has 31 heavy (non-hydrogen) atoms. The molecule has 2 heterocycles. The summed E-state index contributed by atoms with van der Waals surface area (Å²) in [5, 5.41) is 6.86. The minimum absolute atomic E-state index is 0. The van der Waals surface area contributed by atoms with E-state index in [2.05, 4.69) is 52.2 Å². The fraction of sp³-hybridized carbons (Fsp3) is 0.591. The molecule has 0 bridgehead atoms. The first-order valence-electron chi connectivity index (χ1n) is 11.0. The molecule has 1 fully saturated rings. The molecule has 2 aromatic rings. The van der Waals surface area contributed by atoms with Crippen molar-refractivity contribution < 1.29 is 9.53 Å². The van der Waals surface area contributed by atoms with Crippen LogP contribution in [0.15, 0.2) is 29.3 Å². The normalized spacial score (nSPS) is 14.9. The van der Waals surface area contributed by atoms with Crippen molar-refractivity contribution in [2.75, 3.05) is 32.8 Å². The van der Waals surface area contributed by atoms with E-state index in [0.717, 1.165) is 56.2 Å². The molecule has 9 heteroatoms. The number of aryl methyl sites for hydroxylation is 2. The fourth-order valence-corrected chi connectivity index (χ4v) is 3.83. The molecule has 0 atom stereocenters. The molecule has 2 N–H and O–H groups in total. The van der Waals surface area contributed by atoms with Crippen LogP contribution in [0.5, 0.6) is 0 Å². The number of para-hydroxylation sites is 2. The van der Waals surface area contributed by atoms with E-state index in [1.54, 1.807) is 4.90 Å². The number of guanidine groups is 1. The van der Waals surface area contributed by atoms with Gasteiger partial charge in [-0.25, -0.2) is 9.78 Å². The van der Waals surface area contributed by atoms with Crippen molar-refractivity contribution >= 4 is 47.1 Å². The zero-order chi connectivity index (χ0) is 21.3. The van der Waals surface area contributed by atoms with E-state index in [4.69, 9.17) is 9.73 Å². The van der Waals surface area contributed by atoms with Crippen LogP contribution in [0, 0.1) is 6.92 Å². The summed E-state index contributed by atoms with van der Waals surface area (Å²) in [4.78, 5) is 23.0. The van der Waals surface area contributed by atoms with Gasteiger partial charge in [-0.05, 0) is 52.2 Å². The number of rotatable bonds is 7. The zero-order valence-corrected chi connectivity index (χ0v) is 21.1. The van der Waals surface area contributed by atoms with Crippen molar-refractivity contribution in [1.29, 1.82) is 0 Å². The summed E-state index contributed by atoms with van der Waals surface area (Å²) in [6.07, 6.45) is 2.52. The first kappa shape index (κ1) is 25.2. The number of carbonyl (C=O) groups is 1. The summed E-state index contributed by atoms with van der Waals surface area (Å²) >= 11 is 0. The molecule has 1 aliphatic heterocycles. The Morgan fingerprint density at radius 2 is 2.00 bits per heavy atom. The lowest BCUT2D eigenvalue weighted by atomic mass is 10.1. The van der Waals surface area contributed by atoms with Gasteiger partial charge in [0.05, 0.1) is 17.6 Å². The van der Waals surface area contributed by atoms with Gasteiger partial charge in [0.1, 0.15) is 5.82 Å². The van der Waals surface area contributed by atoms with Crippen LogP contribution < -0.4 is 10.6 Å². The Morgan fingerprint density at radius 1 is 1.26 bits per heavy atom.